The van der Waals surface area contributed by atoms with Gasteiger partial charge in [0, 0.05) is 30.7 Å². The summed E-state index contributed by atoms with van der Waals surface area (Å²) in [6.07, 6.45) is 2.22. The molecule has 4 nitrogen and oxygen atoms in total. The number of ketones is 1. The van der Waals surface area contributed by atoms with E-state index in [4.69, 9.17) is 5.10 Å². The predicted molar refractivity (Wildman–Crippen MR) is 97.9 cm³/mol. The summed E-state index contributed by atoms with van der Waals surface area (Å²) in [5.41, 5.74) is 4.24. The normalized spacial score (nSPS) is 20.3. The van der Waals surface area contributed by atoms with Crippen LogP contribution in [0.4, 0.5) is 0 Å². The van der Waals surface area contributed by atoms with E-state index < -0.39 is 0 Å². The maximum Gasteiger partial charge on any atom is 0.161 e. The second-order valence-electron chi connectivity index (χ2n) is 7.88. The van der Waals surface area contributed by atoms with Crippen LogP contribution in [0.25, 0.3) is 0 Å². The minimum absolute atomic E-state index is 0.0199. The molecule has 0 radical (unpaired) electrons. The highest BCUT2D eigenvalue weighted by atomic mass is 16.1. The molecule has 4 heteroatoms. The zero-order valence-electron chi connectivity index (χ0n) is 15.2. The van der Waals surface area contributed by atoms with Gasteiger partial charge >= 0.3 is 0 Å². The summed E-state index contributed by atoms with van der Waals surface area (Å²) in [6, 6.07) is 10.2. The lowest BCUT2D eigenvalue weighted by Crippen LogP contribution is -2.38. The summed E-state index contributed by atoms with van der Waals surface area (Å²) >= 11 is 0. The fourth-order valence-corrected chi connectivity index (χ4v) is 3.45. The Morgan fingerprint density at radius 1 is 1.17 bits per heavy atom. The van der Waals surface area contributed by atoms with Crippen LogP contribution in [-0.2, 0) is 4.79 Å². The van der Waals surface area contributed by atoms with E-state index >= 15 is 0 Å². The van der Waals surface area contributed by atoms with E-state index in [-0.39, 0.29) is 5.41 Å². The van der Waals surface area contributed by atoms with Crippen molar-refractivity contribution in [1.82, 2.24) is 9.91 Å². The zero-order valence-corrected chi connectivity index (χ0v) is 15.2. The Morgan fingerprint density at radius 3 is 2.54 bits per heavy atom. The maximum absolute atomic E-state index is 12.8. The molecular weight excluding hydrogens is 298 g/mol. The van der Waals surface area contributed by atoms with Crippen molar-refractivity contribution in [3.63, 3.8) is 0 Å². The first-order valence-corrected chi connectivity index (χ1v) is 8.66. The van der Waals surface area contributed by atoms with Gasteiger partial charge < -0.3 is 4.90 Å². The Balaban J connectivity index is 1.96. The molecule has 3 rings (SSSR count). The zero-order chi connectivity index (χ0) is 17.3. The topological polar surface area (TPSA) is 35.9 Å². The van der Waals surface area contributed by atoms with E-state index in [2.05, 4.69) is 50.0 Å². The van der Waals surface area contributed by atoms with Crippen LogP contribution in [0.2, 0.25) is 0 Å². The number of likely N-dealkylation sites (N-methyl/N-ethyl adjacent to an activating group) is 1. The average Bonchev–Trinajstić information content (AvgIpc) is 2.52. The number of carbonyl (C=O) groups is 1. The van der Waals surface area contributed by atoms with Crippen molar-refractivity contribution in [1.29, 1.82) is 0 Å². The van der Waals surface area contributed by atoms with Crippen LogP contribution in [0.3, 0.4) is 0 Å². The minimum Gasteiger partial charge on any atom is -0.308 e. The Hall–Kier alpha value is -1.94. The number of allylic oxidation sites excluding steroid dienone is 2. The van der Waals surface area contributed by atoms with Crippen molar-refractivity contribution in [2.24, 2.45) is 10.5 Å². The summed E-state index contributed by atoms with van der Waals surface area (Å²) in [5.74, 6) is 0.291. The van der Waals surface area contributed by atoms with Crippen LogP contribution in [0, 0.1) is 5.41 Å². The second-order valence-corrected chi connectivity index (χ2v) is 7.88. The van der Waals surface area contributed by atoms with Gasteiger partial charge in [-0.2, -0.15) is 5.10 Å². The Kier molecular flexibility index (Phi) is 4.59. The second kappa shape index (κ2) is 6.52. The van der Waals surface area contributed by atoms with E-state index in [9.17, 15) is 4.79 Å². The number of hydrogen-bond acceptors (Lipinski definition) is 4. The van der Waals surface area contributed by atoms with Gasteiger partial charge in [-0.3, -0.25) is 9.80 Å². The van der Waals surface area contributed by atoms with Gasteiger partial charge in [-0.05, 0) is 31.5 Å². The lowest BCUT2D eigenvalue weighted by Gasteiger charge is -2.39. The van der Waals surface area contributed by atoms with Gasteiger partial charge in [0.15, 0.2) is 5.78 Å². The van der Waals surface area contributed by atoms with Crippen LogP contribution >= 0.6 is 0 Å². The van der Waals surface area contributed by atoms with E-state index in [0.717, 1.165) is 42.1 Å². The van der Waals surface area contributed by atoms with Crippen molar-refractivity contribution in [3.8, 4) is 0 Å². The molecule has 0 aromatic heterocycles. The van der Waals surface area contributed by atoms with Crippen molar-refractivity contribution in [2.75, 3.05) is 27.2 Å². The first kappa shape index (κ1) is 16.9. The summed E-state index contributed by atoms with van der Waals surface area (Å²) < 4.78 is 0. The predicted octanol–water partition coefficient (Wildman–Crippen LogP) is 3.30. The molecule has 0 bridgehead atoms. The van der Waals surface area contributed by atoms with Crippen LogP contribution in [0.15, 0.2) is 46.7 Å². The first-order valence-electron chi connectivity index (χ1n) is 8.66. The SMILES string of the molecule is CN(C)CCN1N=C(c2ccccc2)CC2=C1CC(C)(C)CC2=O. The third-order valence-corrected chi connectivity index (χ3v) is 4.73. The molecule has 0 amide bonds. The summed E-state index contributed by atoms with van der Waals surface area (Å²) in [7, 11) is 4.13. The number of hydrazone groups is 1. The van der Waals surface area contributed by atoms with E-state index in [1.807, 2.05) is 18.2 Å². The third kappa shape index (κ3) is 3.59. The highest BCUT2D eigenvalue weighted by Gasteiger charge is 2.37. The lowest BCUT2D eigenvalue weighted by atomic mass is 9.74. The van der Waals surface area contributed by atoms with Gasteiger partial charge in [0.2, 0.25) is 0 Å². The van der Waals surface area contributed by atoms with Crippen molar-refractivity contribution in [2.45, 2.75) is 33.1 Å². The largest absolute Gasteiger partial charge is 0.308 e. The van der Waals surface area contributed by atoms with Gasteiger partial charge in [0.25, 0.3) is 0 Å². The monoisotopic (exact) mass is 325 g/mol. The molecule has 1 aliphatic heterocycles. The molecule has 24 heavy (non-hydrogen) atoms. The summed E-state index contributed by atoms with van der Waals surface area (Å²) in [5, 5.41) is 7.00. The Morgan fingerprint density at radius 2 is 1.88 bits per heavy atom. The van der Waals surface area contributed by atoms with Gasteiger partial charge in [-0.1, -0.05) is 44.2 Å². The number of nitrogens with zero attached hydrogens (tertiary/aromatic N) is 3. The quantitative estimate of drug-likeness (QED) is 0.852. The molecule has 2 aliphatic rings. The maximum atomic E-state index is 12.8. The van der Waals surface area contributed by atoms with Crippen LogP contribution in [0.1, 0.15) is 38.7 Å². The van der Waals surface area contributed by atoms with Gasteiger partial charge in [-0.15, -0.1) is 0 Å². The Labute approximate surface area is 144 Å². The fraction of sp³-hybridized carbons (Fsp3) is 0.500. The number of Topliss-reactive ketones (excluding diaryl/α,β-unsaturated/α-hetero) is 1. The van der Waals surface area contributed by atoms with Crippen LogP contribution < -0.4 is 0 Å². The number of hydrogen-bond donors (Lipinski definition) is 0. The van der Waals surface area contributed by atoms with Crippen molar-refractivity contribution < 1.29 is 4.79 Å². The van der Waals surface area contributed by atoms with Crippen LogP contribution in [0.5, 0.6) is 0 Å². The highest BCUT2D eigenvalue weighted by Crippen LogP contribution is 2.41. The van der Waals surface area contributed by atoms with Gasteiger partial charge in [-0.25, -0.2) is 0 Å². The highest BCUT2D eigenvalue weighted by molar-refractivity contribution is 6.09. The Bertz CT molecular complexity index is 686. The molecule has 0 N–H and O–H groups in total. The standard InChI is InChI=1S/C20H27N3O/c1-20(2)13-18-16(19(24)14-20)12-17(15-8-6-5-7-9-15)21-23(18)11-10-22(3)4/h5-9H,10-14H2,1-4H3. The minimum atomic E-state index is 0.0199. The molecule has 0 spiro atoms. The number of carbonyl (C=O) groups excluding carboxylic acids is 1. The molecule has 1 aromatic carbocycles. The van der Waals surface area contributed by atoms with E-state index in [1.165, 1.54) is 0 Å². The molecule has 0 atom stereocenters. The van der Waals surface area contributed by atoms with E-state index in [1.54, 1.807) is 0 Å². The van der Waals surface area contributed by atoms with Gasteiger partial charge in [0.1, 0.15) is 0 Å². The molecule has 0 unspecified atom stereocenters. The van der Waals surface area contributed by atoms with E-state index in [0.29, 0.717) is 18.6 Å². The molecule has 0 saturated heterocycles. The first-order chi connectivity index (χ1) is 11.4. The molecule has 0 fully saturated rings. The average molecular weight is 325 g/mol. The number of rotatable bonds is 4. The summed E-state index contributed by atoms with van der Waals surface area (Å²) in [4.78, 5) is 14.9. The lowest BCUT2D eigenvalue weighted by molar-refractivity contribution is -0.118. The molecule has 1 heterocycles. The van der Waals surface area contributed by atoms with Crippen molar-refractivity contribution >= 4 is 11.5 Å². The smallest absolute Gasteiger partial charge is 0.161 e. The summed E-state index contributed by atoms with van der Waals surface area (Å²) in [6.45, 7) is 6.08. The molecule has 0 saturated carbocycles. The number of benzene rings is 1. The van der Waals surface area contributed by atoms with Crippen LogP contribution in [-0.4, -0.2) is 48.6 Å². The van der Waals surface area contributed by atoms with Gasteiger partial charge in [0.05, 0.1) is 12.3 Å². The van der Waals surface area contributed by atoms with Crippen molar-refractivity contribution in [3.05, 3.63) is 47.2 Å². The molecular formula is C20H27N3O. The molecule has 128 valence electrons. The molecule has 1 aromatic rings. The molecule has 1 aliphatic carbocycles. The third-order valence-electron chi connectivity index (χ3n) is 4.73. The fourth-order valence-electron chi connectivity index (χ4n) is 3.45.